The van der Waals surface area contributed by atoms with E-state index < -0.39 is 0 Å². The van der Waals surface area contributed by atoms with Crippen LogP contribution in [0.5, 0.6) is 0 Å². The number of aryl methyl sites for hydroxylation is 3. The lowest BCUT2D eigenvalue weighted by molar-refractivity contribution is 0.994. The maximum atomic E-state index is 5.36. The number of hydrogen-bond donors (Lipinski definition) is 0. The number of benzene rings is 7. The van der Waals surface area contributed by atoms with Gasteiger partial charge in [0, 0.05) is 28.4 Å². The Labute approximate surface area is 456 Å². The summed E-state index contributed by atoms with van der Waals surface area (Å²) in [6.07, 6.45) is 25.5. The molecule has 0 spiro atoms. The van der Waals surface area contributed by atoms with Gasteiger partial charge in [-0.05, 0) is 152 Å². The summed E-state index contributed by atoms with van der Waals surface area (Å²) in [6, 6.07) is 67.2. The minimum atomic E-state index is 0.755. The van der Waals surface area contributed by atoms with E-state index in [0.29, 0.717) is 0 Å². The van der Waals surface area contributed by atoms with Gasteiger partial charge >= 0.3 is 0 Å². The summed E-state index contributed by atoms with van der Waals surface area (Å²) in [5, 5.41) is 1.31. The standard InChI is InChI=1S/C56H48N2.C13H16.C3H8.C2H6/c1-4-6-8-23-51-40-58(56-33-12-11-32-53(51)56)52-31-17-28-48(39-52)47-27-16-30-50(38-47)55-36-42(20-14-24-43(18-5-2)44-21-9-7-10-22-44)35-54(57-55)49-29-15-26-46(37-49)45-25-13-19-41(3)34-45;1-4-7-11(2)10-13-9-6-5-8-12(13)3;1-3-2;1-2/h4-7,9-19,21-22,24-40H,2,8,20,23H2,1,3H3;4-10H,1-3H3;3H2,1-2H3;1-2H3/b6-4-,24-14-,43-18+;7-4-,11-10+;;. The van der Waals surface area contributed by atoms with Crippen LogP contribution in [0.4, 0.5) is 0 Å². The van der Waals surface area contributed by atoms with Crippen LogP contribution in [0, 0.1) is 13.8 Å². The Balaban J connectivity index is 0.000000446. The van der Waals surface area contributed by atoms with Gasteiger partial charge in [-0.1, -0.05) is 252 Å². The Hall–Kier alpha value is -8.33. The van der Waals surface area contributed by atoms with Crippen LogP contribution < -0.4 is 0 Å². The summed E-state index contributed by atoms with van der Waals surface area (Å²) in [5.74, 6) is 0. The van der Waals surface area contributed by atoms with Gasteiger partial charge in [-0.3, -0.25) is 0 Å². The SMILES string of the molecule is C/C=C\C(C)=C\c1ccccc1C.C=C/C=C(\C=C/Cc1cc(-c2cccc(-c3cccc(C)c3)c2)nc(-c2cccc(-c3cccc(-n4cc(CC/C=C\C)c5ccccc54)c3)c2)c1)c1ccccc1.CC.CCC. The van der Waals surface area contributed by atoms with Gasteiger partial charge in [0.25, 0.3) is 0 Å². The fourth-order valence-electron chi connectivity index (χ4n) is 9.08. The Morgan fingerprint density at radius 2 is 1.16 bits per heavy atom. The molecular formula is C74H78N2. The predicted octanol–water partition coefficient (Wildman–Crippen LogP) is 21.3. The molecule has 76 heavy (non-hydrogen) atoms. The molecular weight excluding hydrogens is 917 g/mol. The third-order valence-corrected chi connectivity index (χ3v) is 12.7. The van der Waals surface area contributed by atoms with Crippen molar-refractivity contribution in [2.45, 2.75) is 88.0 Å². The van der Waals surface area contributed by atoms with E-state index in [0.717, 1.165) is 58.6 Å². The van der Waals surface area contributed by atoms with E-state index in [1.807, 2.05) is 32.9 Å². The normalized spacial score (nSPS) is 11.5. The molecule has 0 atom stereocenters. The van der Waals surface area contributed by atoms with Crippen LogP contribution in [0.1, 0.15) is 94.7 Å². The second-order valence-corrected chi connectivity index (χ2v) is 18.8. The first kappa shape index (κ1) is 57.0. The largest absolute Gasteiger partial charge is 0.316 e. The number of allylic oxidation sites excluding steroid dienone is 10. The second kappa shape index (κ2) is 30.1. The lowest BCUT2D eigenvalue weighted by atomic mass is 9.97. The van der Waals surface area contributed by atoms with Crippen molar-refractivity contribution < 1.29 is 0 Å². The van der Waals surface area contributed by atoms with Crippen molar-refractivity contribution in [2.24, 2.45) is 0 Å². The minimum Gasteiger partial charge on any atom is -0.316 e. The first-order valence-corrected chi connectivity index (χ1v) is 27.2. The Morgan fingerprint density at radius 3 is 1.79 bits per heavy atom. The van der Waals surface area contributed by atoms with Gasteiger partial charge in [0.1, 0.15) is 0 Å². The van der Waals surface area contributed by atoms with Crippen molar-refractivity contribution in [2.75, 3.05) is 0 Å². The average Bonchev–Trinajstić information content (AvgIpc) is 3.84. The minimum absolute atomic E-state index is 0.755. The number of aromatic nitrogens is 2. The summed E-state index contributed by atoms with van der Waals surface area (Å²) >= 11 is 0. The maximum absolute atomic E-state index is 5.36. The van der Waals surface area contributed by atoms with E-state index in [9.17, 15) is 0 Å². The van der Waals surface area contributed by atoms with Gasteiger partial charge < -0.3 is 4.57 Å². The Kier molecular flexibility index (Phi) is 22.6. The molecule has 9 aromatic rings. The Morgan fingerprint density at radius 1 is 0.579 bits per heavy atom. The van der Waals surface area contributed by atoms with Gasteiger partial charge in [-0.25, -0.2) is 4.98 Å². The zero-order valence-corrected chi connectivity index (χ0v) is 46.6. The lowest BCUT2D eigenvalue weighted by Crippen LogP contribution is -1.94. The van der Waals surface area contributed by atoms with E-state index in [2.05, 4.69) is 289 Å². The summed E-state index contributed by atoms with van der Waals surface area (Å²) in [6.45, 7) is 22.7. The lowest BCUT2D eigenvalue weighted by Gasteiger charge is -2.12. The first-order valence-electron chi connectivity index (χ1n) is 27.2. The number of para-hydroxylation sites is 1. The molecule has 9 rings (SSSR count). The van der Waals surface area contributed by atoms with Crippen molar-refractivity contribution in [1.29, 1.82) is 0 Å². The van der Waals surface area contributed by atoms with Crippen LogP contribution in [-0.2, 0) is 12.8 Å². The molecule has 2 aromatic heterocycles. The molecule has 0 N–H and O–H groups in total. The molecule has 0 aliphatic heterocycles. The number of nitrogens with zero attached hydrogens (tertiary/aromatic N) is 2. The molecule has 0 aliphatic rings. The quantitative estimate of drug-likeness (QED) is 0.0739. The van der Waals surface area contributed by atoms with Gasteiger partial charge in [0.2, 0.25) is 0 Å². The van der Waals surface area contributed by atoms with Gasteiger partial charge in [-0.2, -0.15) is 0 Å². The van der Waals surface area contributed by atoms with Crippen molar-refractivity contribution in [1.82, 2.24) is 9.55 Å². The fourth-order valence-corrected chi connectivity index (χ4v) is 9.08. The second-order valence-electron chi connectivity index (χ2n) is 18.8. The summed E-state index contributed by atoms with van der Waals surface area (Å²) in [7, 11) is 0. The van der Waals surface area contributed by atoms with Crippen LogP contribution in [0.25, 0.3) is 73.0 Å². The van der Waals surface area contributed by atoms with E-state index in [4.69, 9.17) is 4.98 Å². The smallest absolute Gasteiger partial charge is 0.0712 e. The van der Waals surface area contributed by atoms with Gasteiger partial charge in [-0.15, -0.1) is 0 Å². The van der Waals surface area contributed by atoms with Crippen LogP contribution in [0.2, 0.25) is 0 Å². The van der Waals surface area contributed by atoms with Crippen LogP contribution in [0.3, 0.4) is 0 Å². The molecule has 0 bridgehead atoms. The summed E-state index contributed by atoms with van der Waals surface area (Å²) < 4.78 is 2.34. The van der Waals surface area contributed by atoms with E-state index in [-0.39, 0.29) is 0 Å². The molecule has 2 nitrogen and oxygen atoms in total. The molecule has 384 valence electrons. The fraction of sp³-hybridized carbons (Fsp3) is 0.176. The molecule has 0 unspecified atom stereocenters. The molecule has 7 aromatic carbocycles. The van der Waals surface area contributed by atoms with Gasteiger partial charge in [0.15, 0.2) is 0 Å². The highest BCUT2D eigenvalue weighted by Crippen LogP contribution is 2.33. The molecule has 0 aliphatic carbocycles. The Bertz CT molecular complexity index is 3420. The highest BCUT2D eigenvalue weighted by molar-refractivity contribution is 5.86. The highest BCUT2D eigenvalue weighted by Gasteiger charge is 2.13. The summed E-state index contributed by atoms with van der Waals surface area (Å²) in [4.78, 5) is 5.36. The molecule has 0 saturated carbocycles. The molecule has 0 fully saturated rings. The van der Waals surface area contributed by atoms with E-state index in [1.165, 1.54) is 73.0 Å². The van der Waals surface area contributed by atoms with Crippen molar-refractivity contribution in [3.05, 3.63) is 288 Å². The highest BCUT2D eigenvalue weighted by atomic mass is 15.0. The van der Waals surface area contributed by atoms with Crippen LogP contribution in [0.15, 0.2) is 255 Å². The molecule has 0 amide bonds. The van der Waals surface area contributed by atoms with Crippen LogP contribution in [-0.4, -0.2) is 9.55 Å². The topological polar surface area (TPSA) is 17.8 Å². The average molecular weight is 995 g/mol. The zero-order valence-electron chi connectivity index (χ0n) is 46.6. The van der Waals surface area contributed by atoms with Crippen molar-refractivity contribution >= 4 is 22.6 Å². The van der Waals surface area contributed by atoms with E-state index >= 15 is 0 Å². The van der Waals surface area contributed by atoms with Crippen LogP contribution >= 0.6 is 0 Å². The maximum Gasteiger partial charge on any atom is 0.0712 e. The molecule has 2 heteroatoms. The molecule has 0 saturated heterocycles. The third-order valence-electron chi connectivity index (χ3n) is 12.7. The summed E-state index contributed by atoms with van der Waals surface area (Å²) in [5.41, 5.74) is 21.2. The number of hydrogen-bond acceptors (Lipinski definition) is 1. The molecule has 0 radical (unpaired) electrons. The predicted molar refractivity (Wildman–Crippen MR) is 335 cm³/mol. The van der Waals surface area contributed by atoms with Gasteiger partial charge in [0.05, 0.1) is 16.9 Å². The van der Waals surface area contributed by atoms with Crippen molar-refractivity contribution in [3.8, 4) is 50.5 Å². The first-order chi connectivity index (χ1) is 37.2. The molecule has 2 heterocycles. The number of pyridine rings is 1. The van der Waals surface area contributed by atoms with Crippen molar-refractivity contribution in [3.63, 3.8) is 0 Å². The zero-order chi connectivity index (χ0) is 54.1. The number of fused-ring (bicyclic) bond motifs is 1. The third kappa shape index (κ3) is 16.1. The number of rotatable bonds is 15. The monoisotopic (exact) mass is 995 g/mol. The van der Waals surface area contributed by atoms with E-state index in [1.54, 1.807) is 0 Å².